The summed E-state index contributed by atoms with van der Waals surface area (Å²) in [5.74, 6) is 0. The van der Waals surface area contributed by atoms with Crippen LogP contribution in [0.5, 0.6) is 0 Å². The predicted octanol–water partition coefficient (Wildman–Crippen LogP) is 1.38. The van der Waals surface area contributed by atoms with Crippen molar-refractivity contribution in [2.45, 2.75) is 37.4 Å². The largest absolute Gasteiger partial charge is 0.385 e. The van der Waals surface area contributed by atoms with Crippen LogP contribution < -0.4 is 0 Å². The minimum absolute atomic E-state index is 0.262. The molecule has 1 N–H and O–H groups in total. The maximum atomic E-state index is 13.0. The first-order valence-electron chi connectivity index (χ1n) is 8.73. The molecule has 1 aromatic carbocycles. The van der Waals surface area contributed by atoms with Crippen LogP contribution in [0.15, 0.2) is 35.2 Å². The van der Waals surface area contributed by atoms with Crippen molar-refractivity contribution in [2.75, 3.05) is 27.2 Å². The summed E-state index contributed by atoms with van der Waals surface area (Å²) in [5, 5.41) is 14.8. The smallest absolute Gasteiger partial charge is 0.243 e. The molecule has 3 rings (SSSR count). The van der Waals surface area contributed by atoms with Crippen LogP contribution in [0.2, 0.25) is 0 Å². The van der Waals surface area contributed by atoms with E-state index in [2.05, 4.69) is 5.10 Å². The van der Waals surface area contributed by atoms with Crippen molar-refractivity contribution < 1.29 is 13.5 Å². The van der Waals surface area contributed by atoms with E-state index in [1.165, 1.54) is 4.31 Å². The fourth-order valence-corrected chi connectivity index (χ4v) is 4.57. The SMILES string of the molecule is Cc1ccc(S(=O)(=O)N2CCCn3nc([C@@H](O)CN(C)C)cc3C2)cc1. The summed E-state index contributed by atoms with van der Waals surface area (Å²) in [6.07, 6.45) is -0.00483. The lowest BCUT2D eigenvalue weighted by Crippen LogP contribution is -2.30. The van der Waals surface area contributed by atoms with E-state index in [0.717, 1.165) is 11.3 Å². The molecule has 8 heteroatoms. The van der Waals surface area contributed by atoms with Crippen molar-refractivity contribution in [2.24, 2.45) is 0 Å². The molecular formula is C18H26N4O3S. The Morgan fingerprint density at radius 3 is 2.58 bits per heavy atom. The summed E-state index contributed by atoms with van der Waals surface area (Å²) in [6.45, 7) is 3.76. The van der Waals surface area contributed by atoms with Crippen molar-refractivity contribution in [3.8, 4) is 0 Å². The molecular weight excluding hydrogens is 352 g/mol. The number of rotatable bonds is 5. The average molecular weight is 378 g/mol. The molecule has 0 unspecified atom stereocenters. The van der Waals surface area contributed by atoms with Gasteiger partial charge in [0.2, 0.25) is 10.0 Å². The number of fused-ring (bicyclic) bond motifs is 1. The van der Waals surface area contributed by atoms with E-state index >= 15 is 0 Å². The maximum absolute atomic E-state index is 13.0. The molecule has 0 saturated heterocycles. The standard InChI is InChI=1S/C18H26N4O3S/c1-14-5-7-16(8-6-14)26(24,25)21-9-4-10-22-15(12-21)11-17(19-22)18(23)13-20(2)3/h5-8,11,18,23H,4,9-10,12-13H2,1-3H3/t18-/m0/s1. The average Bonchev–Trinajstić information content (AvgIpc) is 2.86. The number of aliphatic hydroxyl groups excluding tert-OH is 1. The number of aromatic nitrogens is 2. The third-order valence-corrected chi connectivity index (χ3v) is 6.40. The minimum atomic E-state index is -3.55. The van der Waals surface area contributed by atoms with Gasteiger partial charge in [0.05, 0.1) is 22.8 Å². The van der Waals surface area contributed by atoms with Crippen LogP contribution in [0.25, 0.3) is 0 Å². The number of hydrogen-bond acceptors (Lipinski definition) is 5. The van der Waals surface area contributed by atoms with Crippen LogP contribution in [0.1, 0.15) is 29.5 Å². The summed E-state index contributed by atoms with van der Waals surface area (Å²) < 4.78 is 29.3. The molecule has 0 fully saturated rings. The molecule has 0 radical (unpaired) electrons. The van der Waals surface area contributed by atoms with Gasteiger partial charge in [-0.1, -0.05) is 17.7 Å². The van der Waals surface area contributed by atoms with E-state index in [4.69, 9.17) is 0 Å². The van der Waals surface area contributed by atoms with Crippen LogP contribution in [0.3, 0.4) is 0 Å². The first kappa shape index (κ1) is 19.0. The number of aliphatic hydroxyl groups is 1. The Bertz CT molecular complexity index is 859. The lowest BCUT2D eigenvalue weighted by molar-refractivity contribution is 0.133. The van der Waals surface area contributed by atoms with Gasteiger partial charge < -0.3 is 10.0 Å². The molecule has 0 saturated carbocycles. The second-order valence-electron chi connectivity index (χ2n) is 7.07. The summed E-state index contributed by atoms with van der Waals surface area (Å²) in [4.78, 5) is 2.20. The summed E-state index contributed by atoms with van der Waals surface area (Å²) in [7, 11) is 0.225. The molecule has 0 amide bonds. The number of hydrogen-bond donors (Lipinski definition) is 1. The molecule has 0 bridgehead atoms. The number of aryl methyl sites for hydroxylation is 2. The molecule has 1 atom stereocenters. The lowest BCUT2D eigenvalue weighted by atomic mass is 10.2. The maximum Gasteiger partial charge on any atom is 0.243 e. The van der Waals surface area contributed by atoms with Gasteiger partial charge in [-0.2, -0.15) is 9.40 Å². The summed E-state index contributed by atoms with van der Waals surface area (Å²) >= 11 is 0. The zero-order chi connectivity index (χ0) is 18.9. The highest BCUT2D eigenvalue weighted by Gasteiger charge is 2.28. The van der Waals surface area contributed by atoms with E-state index < -0.39 is 16.1 Å². The second-order valence-corrected chi connectivity index (χ2v) is 9.00. The van der Waals surface area contributed by atoms with Crippen molar-refractivity contribution in [3.05, 3.63) is 47.3 Å². The lowest BCUT2D eigenvalue weighted by Gasteiger charge is -2.19. The number of benzene rings is 1. The second kappa shape index (κ2) is 7.48. The Kier molecular flexibility index (Phi) is 5.47. The first-order valence-corrected chi connectivity index (χ1v) is 10.2. The van der Waals surface area contributed by atoms with Crippen LogP contribution in [0.4, 0.5) is 0 Å². The molecule has 0 aliphatic carbocycles. The van der Waals surface area contributed by atoms with Crippen molar-refractivity contribution in [1.29, 1.82) is 0 Å². The predicted molar refractivity (Wildman–Crippen MR) is 99.1 cm³/mol. The van der Waals surface area contributed by atoms with E-state index in [1.807, 2.05) is 48.8 Å². The van der Waals surface area contributed by atoms with Crippen LogP contribution in [0, 0.1) is 6.92 Å². The van der Waals surface area contributed by atoms with E-state index in [-0.39, 0.29) is 6.54 Å². The van der Waals surface area contributed by atoms with Gasteiger partial charge in [-0.05, 0) is 45.6 Å². The number of sulfonamides is 1. The van der Waals surface area contributed by atoms with Crippen molar-refractivity contribution >= 4 is 10.0 Å². The highest BCUT2D eigenvalue weighted by molar-refractivity contribution is 7.89. The topological polar surface area (TPSA) is 78.7 Å². The Balaban J connectivity index is 1.85. The fourth-order valence-electron chi connectivity index (χ4n) is 3.12. The molecule has 142 valence electrons. The van der Waals surface area contributed by atoms with E-state index in [1.54, 1.807) is 12.1 Å². The molecule has 2 heterocycles. The zero-order valence-corrected chi connectivity index (χ0v) is 16.3. The van der Waals surface area contributed by atoms with Gasteiger partial charge in [0.15, 0.2) is 0 Å². The Morgan fingerprint density at radius 2 is 1.92 bits per heavy atom. The van der Waals surface area contributed by atoms with Gasteiger partial charge in [0.25, 0.3) is 0 Å². The molecule has 1 aliphatic heterocycles. The normalized spacial score (nSPS) is 17.1. The van der Waals surface area contributed by atoms with Crippen molar-refractivity contribution in [1.82, 2.24) is 19.0 Å². The summed E-state index contributed by atoms with van der Waals surface area (Å²) in [5.41, 5.74) is 2.42. The molecule has 26 heavy (non-hydrogen) atoms. The van der Waals surface area contributed by atoms with Gasteiger partial charge in [-0.15, -0.1) is 0 Å². The molecule has 7 nitrogen and oxygen atoms in total. The fraction of sp³-hybridized carbons (Fsp3) is 0.500. The van der Waals surface area contributed by atoms with Crippen LogP contribution in [-0.4, -0.2) is 59.7 Å². The first-order chi connectivity index (χ1) is 12.3. The van der Waals surface area contributed by atoms with Gasteiger partial charge >= 0.3 is 0 Å². The van der Waals surface area contributed by atoms with E-state index in [9.17, 15) is 13.5 Å². The summed E-state index contributed by atoms with van der Waals surface area (Å²) in [6, 6.07) is 8.74. The van der Waals surface area contributed by atoms with Gasteiger partial charge in [0, 0.05) is 19.6 Å². The monoisotopic (exact) mass is 378 g/mol. The third-order valence-electron chi connectivity index (χ3n) is 4.54. The minimum Gasteiger partial charge on any atom is -0.385 e. The number of nitrogens with zero attached hydrogens (tertiary/aromatic N) is 4. The molecule has 2 aromatic rings. The Labute approximate surface area is 154 Å². The van der Waals surface area contributed by atoms with Gasteiger partial charge in [-0.3, -0.25) is 4.68 Å². The molecule has 1 aliphatic rings. The van der Waals surface area contributed by atoms with Gasteiger partial charge in [-0.25, -0.2) is 8.42 Å². The van der Waals surface area contributed by atoms with E-state index in [0.29, 0.717) is 36.6 Å². The van der Waals surface area contributed by atoms with Gasteiger partial charge in [0.1, 0.15) is 6.10 Å². The van der Waals surface area contributed by atoms with Crippen LogP contribution >= 0.6 is 0 Å². The van der Waals surface area contributed by atoms with Crippen molar-refractivity contribution in [3.63, 3.8) is 0 Å². The number of likely N-dealkylation sites (N-methyl/N-ethyl adjacent to an activating group) is 1. The van der Waals surface area contributed by atoms with Crippen LogP contribution in [-0.2, 0) is 23.1 Å². The Morgan fingerprint density at radius 1 is 1.23 bits per heavy atom. The highest BCUT2D eigenvalue weighted by atomic mass is 32.2. The third kappa shape index (κ3) is 3.98. The quantitative estimate of drug-likeness (QED) is 0.850. The zero-order valence-electron chi connectivity index (χ0n) is 15.5. The Hall–Kier alpha value is -1.74. The molecule has 1 aromatic heterocycles. The molecule has 0 spiro atoms. The highest BCUT2D eigenvalue weighted by Crippen LogP contribution is 2.24.